The van der Waals surface area contributed by atoms with Gasteiger partial charge in [-0.15, -0.1) is 0 Å². The van der Waals surface area contributed by atoms with Gasteiger partial charge in [-0.05, 0) is 36.1 Å². The third-order valence-corrected chi connectivity index (χ3v) is 3.96. The number of nitrogens with one attached hydrogen (secondary N) is 1. The molecule has 2 heteroatoms. The molecule has 1 aromatic rings. The maximum absolute atomic E-state index is 5.91. The Morgan fingerprint density at radius 3 is 2.81 bits per heavy atom. The van der Waals surface area contributed by atoms with Crippen LogP contribution in [0.5, 0.6) is 5.75 Å². The first-order valence-corrected chi connectivity index (χ1v) is 6.21. The topological polar surface area (TPSA) is 21.3 Å². The van der Waals surface area contributed by atoms with Crippen molar-refractivity contribution in [2.45, 2.75) is 39.3 Å². The molecular formula is C14H19NO. The van der Waals surface area contributed by atoms with Crippen molar-refractivity contribution in [1.82, 2.24) is 5.32 Å². The molecule has 0 atom stereocenters. The summed E-state index contributed by atoms with van der Waals surface area (Å²) >= 11 is 0. The third-order valence-electron chi connectivity index (χ3n) is 3.96. The van der Waals surface area contributed by atoms with Crippen LogP contribution in [-0.2, 0) is 13.1 Å². The molecule has 1 aliphatic carbocycles. The van der Waals surface area contributed by atoms with Crippen molar-refractivity contribution in [3.05, 3.63) is 29.3 Å². The minimum absolute atomic E-state index is 0.442. The molecule has 2 aliphatic rings. The van der Waals surface area contributed by atoms with Crippen LogP contribution in [0.3, 0.4) is 0 Å². The molecule has 0 unspecified atom stereocenters. The van der Waals surface area contributed by atoms with Gasteiger partial charge in [0.25, 0.3) is 0 Å². The number of hydrogen-bond acceptors (Lipinski definition) is 2. The van der Waals surface area contributed by atoms with E-state index in [0.29, 0.717) is 5.41 Å². The van der Waals surface area contributed by atoms with Crippen molar-refractivity contribution in [2.24, 2.45) is 5.41 Å². The average Bonchev–Trinajstić information content (AvgIpc) is 2.70. The molecule has 0 aromatic heterocycles. The molecule has 1 saturated carbocycles. The number of hydrogen-bond donors (Lipinski definition) is 1. The van der Waals surface area contributed by atoms with E-state index in [9.17, 15) is 0 Å². The van der Waals surface area contributed by atoms with E-state index >= 15 is 0 Å². The summed E-state index contributed by atoms with van der Waals surface area (Å²) in [6.45, 7) is 5.20. The smallest absolute Gasteiger partial charge is 0.119 e. The van der Waals surface area contributed by atoms with Gasteiger partial charge in [0.1, 0.15) is 5.75 Å². The van der Waals surface area contributed by atoms with E-state index in [1.54, 1.807) is 0 Å². The van der Waals surface area contributed by atoms with Crippen molar-refractivity contribution in [1.29, 1.82) is 0 Å². The average molecular weight is 217 g/mol. The van der Waals surface area contributed by atoms with Crippen LogP contribution in [0.15, 0.2) is 18.2 Å². The molecule has 3 rings (SSSR count). The lowest BCUT2D eigenvalue weighted by molar-refractivity contribution is 0.0775. The number of rotatable bonds is 3. The Balaban J connectivity index is 1.66. The molecule has 0 spiro atoms. The first-order chi connectivity index (χ1) is 7.75. The zero-order valence-electron chi connectivity index (χ0n) is 9.88. The molecule has 1 aromatic carbocycles. The van der Waals surface area contributed by atoms with Gasteiger partial charge in [-0.1, -0.05) is 19.4 Å². The monoisotopic (exact) mass is 217 g/mol. The molecular weight excluding hydrogens is 198 g/mol. The number of benzene rings is 1. The summed E-state index contributed by atoms with van der Waals surface area (Å²) in [4.78, 5) is 0. The Hall–Kier alpha value is -1.02. The highest BCUT2D eigenvalue weighted by atomic mass is 16.5. The lowest BCUT2D eigenvalue weighted by Crippen LogP contribution is -2.32. The van der Waals surface area contributed by atoms with Crippen LogP contribution in [0.25, 0.3) is 0 Å². The summed E-state index contributed by atoms with van der Waals surface area (Å²) in [7, 11) is 0. The molecule has 1 N–H and O–H groups in total. The highest BCUT2D eigenvalue weighted by Crippen LogP contribution is 2.40. The van der Waals surface area contributed by atoms with E-state index in [2.05, 4.69) is 30.4 Å². The summed E-state index contributed by atoms with van der Waals surface area (Å²) in [5, 5.41) is 3.35. The maximum Gasteiger partial charge on any atom is 0.119 e. The second kappa shape index (κ2) is 3.77. The maximum atomic E-state index is 5.91. The summed E-state index contributed by atoms with van der Waals surface area (Å²) in [6, 6.07) is 6.49. The Morgan fingerprint density at radius 1 is 1.25 bits per heavy atom. The SMILES string of the molecule is CC1(COc2ccc3c(c2)CNC3)CCC1. The zero-order chi connectivity index (χ0) is 11.0. The third kappa shape index (κ3) is 1.82. The van der Waals surface area contributed by atoms with Crippen LogP contribution in [0.4, 0.5) is 0 Å². The zero-order valence-corrected chi connectivity index (χ0v) is 9.88. The highest BCUT2D eigenvalue weighted by Gasteiger charge is 2.32. The van der Waals surface area contributed by atoms with Gasteiger partial charge in [0.2, 0.25) is 0 Å². The first-order valence-electron chi connectivity index (χ1n) is 6.21. The van der Waals surface area contributed by atoms with E-state index in [0.717, 1.165) is 25.4 Å². The summed E-state index contributed by atoms with van der Waals surface area (Å²) in [5.41, 5.74) is 3.26. The minimum Gasteiger partial charge on any atom is -0.493 e. The van der Waals surface area contributed by atoms with Gasteiger partial charge in [-0.3, -0.25) is 0 Å². The van der Waals surface area contributed by atoms with Gasteiger partial charge in [0, 0.05) is 18.5 Å². The lowest BCUT2D eigenvalue weighted by Gasteiger charge is -2.37. The predicted molar refractivity (Wildman–Crippen MR) is 64.4 cm³/mol. The number of fused-ring (bicyclic) bond motifs is 1. The molecule has 1 fully saturated rings. The van der Waals surface area contributed by atoms with Crippen LogP contribution < -0.4 is 10.1 Å². The summed E-state index contributed by atoms with van der Waals surface area (Å²) in [5.74, 6) is 1.04. The van der Waals surface area contributed by atoms with Gasteiger partial charge < -0.3 is 10.1 Å². The Kier molecular flexibility index (Phi) is 2.40. The second-order valence-corrected chi connectivity index (χ2v) is 5.49. The van der Waals surface area contributed by atoms with E-state index in [1.807, 2.05) is 0 Å². The first kappa shape index (κ1) is 10.2. The molecule has 0 amide bonds. The Morgan fingerprint density at radius 2 is 2.06 bits per heavy atom. The molecule has 16 heavy (non-hydrogen) atoms. The molecule has 1 heterocycles. The lowest BCUT2D eigenvalue weighted by atomic mass is 9.71. The molecule has 0 radical (unpaired) electrons. The standard InChI is InChI=1S/C14H19NO/c1-14(5-2-6-14)10-16-13-4-3-11-8-15-9-12(11)7-13/h3-4,7,15H,2,5-6,8-10H2,1H3. The molecule has 2 nitrogen and oxygen atoms in total. The van der Waals surface area contributed by atoms with Crippen LogP contribution in [0.2, 0.25) is 0 Å². The van der Waals surface area contributed by atoms with Gasteiger partial charge >= 0.3 is 0 Å². The van der Waals surface area contributed by atoms with Crippen LogP contribution in [0, 0.1) is 5.41 Å². The van der Waals surface area contributed by atoms with E-state index in [-0.39, 0.29) is 0 Å². The highest BCUT2D eigenvalue weighted by molar-refractivity contribution is 5.37. The fourth-order valence-corrected chi connectivity index (χ4v) is 2.54. The molecule has 0 saturated heterocycles. The van der Waals surface area contributed by atoms with Gasteiger partial charge in [0.15, 0.2) is 0 Å². The predicted octanol–water partition coefficient (Wildman–Crippen LogP) is 2.86. The van der Waals surface area contributed by atoms with Gasteiger partial charge in [-0.2, -0.15) is 0 Å². The van der Waals surface area contributed by atoms with E-state index in [4.69, 9.17) is 4.74 Å². The van der Waals surface area contributed by atoms with Crippen molar-refractivity contribution in [3.63, 3.8) is 0 Å². The van der Waals surface area contributed by atoms with Crippen molar-refractivity contribution < 1.29 is 4.74 Å². The second-order valence-electron chi connectivity index (χ2n) is 5.49. The van der Waals surface area contributed by atoms with Crippen molar-refractivity contribution in [2.75, 3.05) is 6.61 Å². The summed E-state index contributed by atoms with van der Waals surface area (Å²) in [6.07, 6.45) is 4.01. The fraction of sp³-hybridized carbons (Fsp3) is 0.571. The fourth-order valence-electron chi connectivity index (χ4n) is 2.54. The number of ether oxygens (including phenoxy) is 1. The minimum atomic E-state index is 0.442. The van der Waals surface area contributed by atoms with Crippen LogP contribution >= 0.6 is 0 Å². The van der Waals surface area contributed by atoms with Crippen molar-refractivity contribution >= 4 is 0 Å². The Labute approximate surface area is 97.0 Å². The normalized spacial score (nSPS) is 21.3. The van der Waals surface area contributed by atoms with Gasteiger partial charge in [0.05, 0.1) is 6.61 Å². The van der Waals surface area contributed by atoms with Crippen LogP contribution in [-0.4, -0.2) is 6.61 Å². The van der Waals surface area contributed by atoms with Crippen molar-refractivity contribution in [3.8, 4) is 5.75 Å². The van der Waals surface area contributed by atoms with E-state index in [1.165, 1.54) is 30.4 Å². The van der Waals surface area contributed by atoms with E-state index < -0.39 is 0 Å². The molecule has 0 bridgehead atoms. The molecule has 1 aliphatic heterocycles. The molecule has 86 valence electrons. The summed E-state index contributed by atoms with van der Waals surface area (Å²) < 4.78 is 5.91. The van der Waals surface area contributed by atoms with Crippen LogP contribution in [0.1, 0.15) is 37.3 Å². The quantitative estimate of drug-likeness (QED) is 0.840. The largest absolute Gasteiger partial charge is 0.493 e. The Bertz CT molecular complexity index is 396. The van der Waals surface area contributed by atoms with Gasteiger partial charge in [-0.25, -0.2) is 0 Å².